The molecule has 10 nitrogen and oxygen atoms in total. The molecule has 1 amide bonds. The highest BCUT2D eigenvalue weighted by Gasteiger charge is 2.44. The molecule has 1 fully saturated rings. The van der Waals surface area contributed by atoms with Crippen molar-refractivity contribution in [2.45, 2.75) is 50.6 Å². The lowest BCUT2D eigenvalue weighted by molar-refractivity contribution is -0.124. The zero-order valence-corrected chi connectivity index (χ0v) is 15.0. The number of aliphatic hydroxyl groups is 2. The Morgan fingerprint density at radius 3 is 2.69 bits per heavy atom. The first-order valence-electron chi connectivity index (χ1n) is 8.62. The van der Waals surface area contributed by atoms with Crippen molar-refractivity contribution in [3.05, 3.63) is 12.7 Å². The van der Waals surface area contributed by atoms with Gasteiger partial charge in [-0.3, -0.25) is 4.79 Å². The van der Waals surface area contributed by atoms with E-state index in [1.165, 1.54) is 6.33 Å². The van der Waals surface area contributed by atoms with Crippen LogP contribution in [0.1, 0.15) is 26.3 Å². The third-order valence-corrected chi connectivity index (χ3v) is 4.95. The van der Waals surface area contributed by atoms with Gasteiger partial charge in [-0.05, 0) is 12.3 Å². The van der Waals surface area contributed by atoms with Crippen molar-refractivity contribution in [2.75, 3.05) is 12.4 Å². The Kier molecular flexibility index (Phi) is 5.08. The number of hydrogen-bond donors (Lipinski definition) is 5. The first-order chi connectivity index (χ1) is 12.3. The molecular weight excluding hydrogens is 338 g/mol. The summed E-state index contributed by atoms with van der Waals surface area (Å²) in [7, 11) is 1.73. The zero-order chi connectivity index (χ0) is 19.0. The Labute approximate surface area is 150 Å². The van der Waals surface area contributed by atoms with Crippen LogP contribution < -0.4 is 16.4 Å². The number of anilines is 1. The molecule has 142 valence electrons. The van der Waals surface area contributed by atoms with Crippen LogP contribution in [0.3, 0.4) is 0 Å². The summed E-state index contributed by atoms with van der Waals surface area (Å²) in [4.78, 5) is 24.9. The molecule has 26 heavy (non-hydrogen) atoms. The van der Waals surface area contributed by atoms with Crippen LogP contribution >= 0.6 is 0 Å². The van der Waals surface area contributed by atoms with E-state index < -0.39 is 30.3 Å². The van der Waals surface area contributed by atoms with E-state index in [0.29, 0.717) is 23.4 Å². The van der Waals surface area contributed by atoms with Crippen molar-refractivity contribution in [3.8, 4) is 0 Å². The SMILES string of the molecule is CNc1ncnc2c1ncn2[C@@H]1C[C@H](NC(=O)[C@@H](N)C(C)C)[C@H](O)[C@@H]1O. The Morgan fingerprint density at radius 1 is 1.31 bits per heavy atom. The molecule has 2 heterocycles. The smallest absolute Gasteiger partial charge is 0.237 e. The molecule has 3 rings (SSSR count). The third-order valence-electron chi connectivity index (χ3n) is 4.95. The predicted molar refractivity (Wildman–Crippen MR) is 95.3 cm³/mol. The van der Waals surface area contributed by atoms with Crippen molar-refractivity contribution in [2.24, 2.45) is 11.7 Å². The van der Waals surface area contributed by atoms with E-state index in [9.17, 15) is 15.0 Å². The Hall–Kier alpha value is -2.30. The van der Waals surface area contributed by atoms with Gasteiger partial charge in [0.05, 0.1) is 24.5 Å². The number of nitrogens with two attached hydrogens (primary N) is 1. The van der Waals surface area contributed by atoms with Gasteiger partial charge in [-0.25, -0.2) is 15.0 Å². The van der Waals surface area contributed by atoms with Gasteiger partial charge in [0.2, 0.25) is 5.91 Å². The Morgan fingerprint density at radius 2 is 2.04 bits per heavy atom. The minimum absolute atomic E-state index is 0.0245. The molecule has 0 aromatic carbocycles. The van der Waals surface area contributed by atoms with E-state index in [4.69, 9.17) is 5.73 Å². The minimum Gasteiger partial charge on any atom is -0.388 e. The van der Waals surface area contributed by atoms with Crippen LogP contribution in [-0.4, -0.2) is 67.0 Å². The van der Waals surface area contributed by atoms with E-state index in [1.54, 1.807) is 17.9 Å². The van der Waals surface area contributed by atoms with Gasteiger partial charge in [-0.1, -0.05) is 13.8 Å². The maximum Gasteiger partial charge on any atom is 0.237 e. The number of rotatable bonds is 5. The second-order valence-corrected chi connectivity index (χ2v) is 6.97. The van der Waals surface area contributed by atoms with Gasteiger partial charge in [-0.2, -0.15) is 0 Å². The lowest BCUT2D eigenvalue weighted by atomic mass is 10.0. The lowest BCUT2D eigenvalue weighted by Gasteiger charge is -2.21. The molecule has 1 aliphatic carbocycles. The average Bonchev–Trinajstić information content (AvgIpc) is 3.17. The first kappa shape index (κ1) is 18.5. The van der Waals surface area contributed by atoms with Crippen LogP contribution in [0, 0.1) is 5.92 Å². The van der Waals surface area contributed by atoms with E-state index in [1.807, 2.05) is 13.8 Å². The summed E-state index contributed by atoms with van der Waals surface area (Å²) in [6.07, 6.45) is 1.13. The predicted octanol–water partition coefficient (Wildman–Crippen LogP) is -0.997. The summed E-state index contributed by atoms with van der Waals surface area (Å²) >= 11 is 0. The maximum atomic E-state index is 12.2. The van der Waals surface area contributed by atoms with Gasteiger partial charge in [0.15, 0.2) is 11.5 Å². The topological polar surface area (TPSA) is 151 Å². The first-order valence-corrected chi connectivity index (χ1v) is 8.62. The van der Waals surface area contributed by atoms with Crippen LogP contribution in [0.2, 0.25) is 0 Å². The summed E-state index contributed by atoms with van der Waals surface area (Å²) in [5.74, 6) is 0.213. The highest BCUT2D eigenvalue weighted by Crippen LogP contribution is 2.33. The van der Waals surface area contributed by atoms with Gasteiger partial charge in [0.1, 0.15) is 24.1 Å². The fourth-order valence-corrected chi connectivity index (χ4v) is 3.29. The molecule has 0 aliphatic heterocycles. The Balaban J connectivity index is 1.83. The molecule has 0 spiro atoms. The summed E-state index contributed by atoms with van der Waals surface area (Å²) in [5.41, 5.74) is 6.98. The number of hydrogen-bond acceptors (Lipinski definition) is 8. The second-order valence-electron chi connectivity index (χ2n) is 6.97. The van der Waals surface area contributed by atoms with E-state index in [2.05, 4.69) is 25.6 Å². The number of aliphatic hydroxyl groups excluding tert-OH is 2. The number of aromatic nitrogens is 4. The number of carbonyl (C=O) groups excluding carboxylic acids is 1. The summed E-state index contributed by atoms with van der Waals surface area (Å²) < 4.78 is 1.71. The highest BCUT2D eigenvalue weighted by atomic mass is 16.3. The third kappa shape index (κ3) is 3.11. The Bertz CT molecular complexity index is 793. The van der Waals surface area contributed by atoms with Crippen molar-refractivity contribution in [1.29, 1.82) is 0 Å². The summed E-state index contributed by atoms with van der Waals surface area (Å²) in [6, 6.07) is -1.75. The normalized spacial score (nSPS) is 27.0. The molecule has 0 saturated heterocycles. The molecule has 0 unspecified atom stereocenters. The molecule has 6 N–H and O–H groups in total. The molecule has 10 heteroatoms. The van der Waals surface area contributed by atoms with E-state index in [0.717, 1.165) is 0 Å². The van der Waals surface area contributed by atoms with Gasteiger partial charge >= 0.3 is 0 Å². The van der Waals surface area contributed by atoms with Crippen molar-refractivity contribution >= 4 is 22.9 Å². The molecule has 1 saturated carbocycles. The number of nitrogens with one attached hydrogen (secondary N) is 2. The lowest BCUT2D eigenvalue weighted by Crippen LogP contribution is -2.51. The van der Waals surface area contributed by atoms with Gasteiger partial charge in [-0.15, -0.1) is 0 Å². The molecule has 5 atom stereocenters. The second kappa shape index (κ2) is 7.14. The van der Waals surface area contributed by atoms with Crippen molar-refractivity contribution in [1.82, 2.24) is 24.8 Å². The van der Waals surface area contributed by atoms with Gasteiger partial charge < -0.3 is 31.1 Å². The van der Waals surface area contributed by atoms with Crippen LogP contribution in [0.25, 0.3) is 11.2 Å². The molecule has 2 aromatic heterocycles. The van der Waals surface area contributed by atoms with E-state index >= 15 is 0 Å². The fourth-order valence-electron chi connectivity index (χ4n) is 3.29. The van der Waals surface area contributed by atoms with Crippen LogP contribution in [0.5, 0.6) is 0 Å². The molecule has 1 aliphatic rings. The number of amides is 1. The average molecular weight is 363 g/mol. The maximum absolute atomic E-state index is 12.2. The largest absolute Gasteiger partial charge is 0.388 e. The van der Waals surface area contributed by atoms with Crippen LogP contribution in [-0.2, 0) is 4.79 Å². The molecule has 2 aromatic rings. The molecule has 0 radical (unpaired) electrons. The van der Waals surface area contributed by atoms with Crippen LogP contribution in [0.15, 0.2) is 12.7 Å². The summed E-state index contributed by atoms with van der Waals surface area (Å²) in [5, 5.41) is 26.6. The van der Waals surface area contributed by atoms with Crippen molar-refractivity contribution in [3.63, 3.8) is 0 Å². The highest BCUT2D eigenvalue weighted by molar-refractivity contribution is 5.83. The van der Waals surface area contributed by atoms with Crippen LogP contribution in [0.4, 0.5) is 5.82 Å². The number of carbonyl (C=O) groups is 1. The molecule has 0 bridgehead atoms. The number of imidazole rings is 1. The quantitative estimate of drug-likeness (QED) is 0.454. The van der Waals surface area contributed by atoms with Gasteiger partial charge in [0.25, 0.3) is 0 Å². The zero-order valence-electron chi connectivity index (χ0n) is 15.0. The summed E-state index contributed by atoms with van der Waals surface area (Å²) in [6.45, 7) is 3.70. The fraction of sp³-hybridized carbons (Fsp3) is 0.625. The monoisotopic (exact) mass is 363 g/mol. The number of nitrogens with zero attached hydrogens (tertiary/aromatic N) is 4. The minimum atomic E-state index is -1.11. The standard InChI is InChI=1S/C16H25N7O3/c1-7(2)10(17)16(26)22-8-4-9(13(25)12(8)24)23-6-21-11-14(18-3)19-5-20-15(11)23/h5-10,12-13,24-25H,4,17H2,1-3H3,(H,22,26)(H,18,19,20)/t8-,9+,10-,12-,13+/m0/s1. The van der Waals surface area contributed by atoms with Gasteiger partial charge in [0, 0.05) is 7.05 Å². The van der Waals surface area contributed by atoms with Crippen molar-refractivity contribution < 1.29 is 15.0 Å². The number of fused-ring (bicyclic) bond motifs is 1. The molecular formula is C16H25N7O3. The van der Waals surface area contributed by atoms with E-state index in [-0.39, 0.29) is 11.8 Å².